The summed E-state index contributed by atoms with van der Waals surface area (Å²) >= 11 is 9.52. The summed E-state index contributed by atoms with van der Waals surface area (Å²) in [7, 11) is 0. The Bertz CT molecular complexity index is 575. The zero-order chi connectivity index (χ0) is 14.0. The van der Waals surface area contributed by atoms with Crippen LogP contribution in [0, 0.1) is 13.8 Å². The first-order valence-electron chi connectivity index (χ1n) is 6.23. The molecular formula is C16H17BrClN. The van der Waals surface area contributed by atoms with E-state index in [0.29, 0.717) is 5.02 Å². The fourth-order valence-electron chi connectivity index (χ4n) is 2.16. The molecule has 0 aromatic heterocycles. The van der Waals surface area contributed by atoms with E-state index in [9.17, 15) is 0 Å². The van der Waals surface area contributed by atoms with Gasteiger partial charge < -0.3 is 5.73 Å². The predicted octanol–water partition coefficient (Wildman–Crippen LogP) is 4.96. The lowest BCUT2D eigenvalue weighted by molar-refractivity contribution is 0.718. The van der Waals surface area contributed by atoms with Gasteiger partial charge in [-0.25, -0.2) is 0 Å². The molecule has 1 nitrogen and oxygen atoms in total. The van der Waals surface area contributed by atoms with Gasteiger partial charge in [-0.2, -0.15) is 0 Å². The molecule has 0 heterocycles. The molecule has 2 aromatic carbocycles. The van der Waals surface area contributed by atoms with Crippen molar-refractivity contribution in [2.24, 2.45) is 5.73 Å². The van der Waals surface area contributed by atoms with Crippen LogP contribution in [0.25, 0.3) is 0 Å². The molecule has 1 unspecified atom stereocenters. The Morgan fingerprint density at radius 2 is 1.89 bits per heavy atom. The van der Waals surface area contributed by atoms with E-state index < -0.39 is 0 Å². The minimum atomic E-state index is -0.0458. The molecule has 0 fully saturated rings. The van der Waals surface area contributed by atoms with E-state index in [4.69, 9.17) is 17.3 Å². The van der Waals surface area contributed by atoms with Gasteiger partial charge in [0.25, 0.3) is 0 Å². The summed E-state index contributed by atoms with van der Waals surface area (Å²) in [6.07, 6.45) is 0.820. The van der Waals surface area contributed by atoms with Gasteiger partial charge in [-0.05, 0) is 55.2 Å². The molecule has 0 aliphatic rings. The molecule has 1 atom stereocenters. The first-order valence-corrected chi connectivity index (χ1v) is 7.40. The van der Waals surface area contributed by atoms with Gasteiger partial charge in [0, 0.05) is 15.5 Å². The second-order valence-corrected chi connectivity index (χ2v) is 6.30. The summed E-state index contributed by atoms with van der Waals surface area (Å²) in [5, 5.41) is 0.709. The van der Waals surface area contributed by atoms with Crippen molar-refractivity contribution < 1.29 is 0 Å². The summed E-state index contributed by atoms with van der Waals surface area (Å²) in [4.78, 5) is 0. The van der Waals surface area contributed by atoms with Crippen LogP contribution in [0.3, 0.4) is 0 Å². The highest BCUT2D eigenvalue weighted by molar-refractivity contribution is 9.10. The maximum atomic E-state index is 6.30. The molecule has 100 valence electrons. The second kappa shape index (κ2) is 6.08. The van der Waals surface area contributed by atoms with Crippen molar-refractivity contribution in [3.8, 4) is 0 Å². The van der Waals surface area contributed by atoms with Crippen molar-refractivity contribution in [2.75, 3.05) is 0 Å². The second-order valence-electron chi connectivity index (χ2n) is 4.94. The van der Waals surface area contributed by atoms with Gasteiger partial charge in [0.1, 0.15) is 0 Å². The number of aryl methyl sites for hydroxylation is 2. The lowest BCUT2D eigenvalue weighted by atomic mass is 9.95. The van der Waals surface area contributed by atoms with E-state index in [-0.39, 0.29) is 6.04 Å². The summed E-state index contributed by atoms with van der Waals surface area (Å²) < 4.78 is 0.964. The average Bonchev–Trinajstić information content (AvgIpc) is 2.32. The van der Waals surface area contributed by atoms with Crippen LogP contribution in [0.2, 0.25) is 5.02 Å². The van der Waals surface area contributed by atoms with Crippen LogP contribution in [0.15, 0.2) is 40.9 Å². The van der Waals surface area contributed by atoms with Crippen LogP contribution in [0.4, 0.5) is 0 Å². The largest absolute Gasteiger partial charge is 0.324 e. The smallest absolute Gasteiger partial charge is 0.0420 e. The Labute approximate surface area is 127 Å². The van der Waals surface area contributed by atoms with E-state index >= 15 is 0 Å². The Morgan fingerprint density at radius 1 is 1.16 bits per heavy atom. The van der Waals surface area contributed by atoms with Crippen LogP contribution >= 0.6 is 27.5 Å². The minimum Gasteiger partial charge on any atom is -0.324 e. The Kier molecular flexibility index (Phi) is 4.67. The minimum absolute atomic E-state index is 0.0458. The van der Waals surface area contributed by atoms with E-state index in [1.807, 2.05) is 18.2 Å². The summed E-state index contributed by atoms with van der Waals surface area (Å²) in [5.41, 5.74) is 11.2. The molecule has 0 saturated carbocycles. The van der Waals surface area contributed by atoms with Crippen molar-refractivity contribution in [1.82, 2.24) is 0 Å². The number of benzene rings is 2. The standard InChI is InChI=1S/C16H17BrClN/c1-10-3-4-11(2)12(5-10)8-16(19)13-6-14(17)9-15(18)7-13/h3-7,9,16H,8,19H2,1-2H3. The fraction of sp³-hybridized carbons (Fsp3) is 0.250. The SMILES string of the molecule is Cc1ccc(C)c(CC(N)c2cc(Cl)cc(Br)c2)c1. The highest BCUT2D eigenvalue weighted by Gasteiger charge is 2.10. The third kappa shape index (κ3) is 3.82. The van der Waals surface area contributed by atoms with E-state index in [1.165, 1.54) is 16.7 Å². The number of halogens is 2. The third-order valence-electron chi connectivity index (χ3n) is 3.26. The molecular weight excluding hydrogens is 322 g/mol. The van der Waals surface area contributed by atoms with Gasteiger partial charge in [-0.3, -0.25) is 0 Å². The van der Waals surface area contributed by atoms with Gasteiger partial charge in [-0.1, -0.05) is 51.3 Å². The highest BCUT2D eigenvalue weighted by Crippen LogP contribution is 2.25. The van der Waals surface area contributed by atoms with Gasteiger partial charge in [-0.15, -0.1) is 0 Å². The molecule has 3 heteroatoms. The van der Waals surface area contributed by atoms with Crippen LogP contribution in [-0.4, -0.2) is 0 Å². The molecule has 0 aliphatic carbocycles. The molecule has 0 bridgehead atoms. The molecule has 0 saturated heterocycles. The van der Waals surface area contributed by atoms with Crippen molar-refractivity contribution in [3.05, 3.63) is 68.1 Å². The van der Waals surface area contributed by atoms with E-state index in [0.717, 1.165) is 16.5 Å². The van der Waals surface area contributed by atoms with E-state index in [1.54, 1.807) is 0 Å². The number of nitrogens with two attached hydrogens (primary N) is 1. The molecule has 0 spiro atoms. The summed E-state index contributed by atoms with van der Waals surface area (Å²) in [5.74, 6) is 0. The number of hydrogen-bond acceptors (Lipinski definition) is 1. The van der Waals surface area contributed by atoms with Crippen LogP contribution < -0.4 is 5.73 Å². The van der Waals surface area contributed by atoms with Crippen LogP contribution in [-0.2, 0) is 6.42 Å². The Balaban J connectivity index is 2.25. The molecule has 0 amide bonds. The first-order chi connectivity index (χ1) is 8.95. The molecule has 19 heavy (non-hydrogen) atoms. The highest BCUT2D eigenvalue weighted by atomic mass is 79.9. The number of rotatable bonds is 3. The molecule has 0 radical (unpaired) electrons. The summed E-state index contributed by atoms with van der Waals surface area (Å²) in [6.45, 7) is 4.22. The maximum Gasteiger partial charge on any atom is 0.0420 e. The van der Waals surface area contributed by atoms with Crippen molar-refractivity contribution in [2.45, 2.75) is 26.3 Å². The molecule has 2 rings (SSSR count). The molecule has 0 aliphatic heterocycles. The van der Waals surface area contributed by atoms with Gasteiger partial charge >= 0.3 is 0 Å². The predicted molar refractivity (Wildman–Crippen MR) is 85.7 cm³/mol. The van der Waals surface area contributed by atoms with Gasteiger partial charge in [0.2, 0.25) is 0 Å². The zero-order valence-corrected chi connectivity index (χ0v) is 13.4. The average molecular weight is 339 g/mol. The van der Waals surface area contributed by atoms with Crippen LogP contribution in [0.5, 0.6) is 0 Å². The zero-order valence-electron chi connectivity index (χ0n) is 11.1. The normalized spacial score (nSPS) is 12.5. The molecule has 2 aromatic rings. The monoisotopic (exact) mass is 337 g/mol. The fourth-order valence-corrected chi connectivity index (χ4v) is 3.05. The Hall–Kier alpha value is -0.830. The van der Waals surface area contributed by atoms with Gasteiger partial charge in [0.15, 0.2) is 0 Å². The lowest BCUT2D eigenvalue weighted by Crippen LogP contribution is -2.14. The summed E-state index contributed by atoms with van der Waals surface area (Å²) in [6, 6.07) is 12.3. The molecule has 2 N–H and O–H groups in total. The van der Waals surface area contributed by atoms with Crippen molar-refractivity contribution in [3.63, 3.8) is 0 Å². The lowest BCUT2D eigenvalue weighted by Gasteiger charge is -2.15. The first kappa shape index (κ1) is 14.6. The van der Waals surface area contributed by atoms with Crippen molar-refractivity contribution in [1.29, 1.82) is 0 Å². The van der Waals surface area contributed by atoms with Crippen LogP contribution in [0.1, 0.15) is 28.3 Å². The topological polar surface area (TPSA) is 26.0 Å². The number of hydrogen-bond donors (Lipinski definition) is 1. The quantitative estimate of drug-likeness (QED) is 0.841. The van der Waals surface area contributed by atoms with Gasteiger partial charge in [0.05, 0.1) is 0 Å². The van der Waals surface area contributed by atoms with Crippen molar-refractivity contribution >= 4 is 27.5 Å². The maximum absolute atomic E-state index is 6.30. The van der Waals surface area contributed by atoms with E-state index in [2.05, 4.69) is 48.0 Å². The third-order valence-corrected chi connectivity index (χ3v) is 3.93. The Morgan fingerprint density at radius 3 is 2.58 bits per heavy atom.